The van der Waals surface area contributed by atoms with Crippen LogP contribution in [0.1, 0.15) is 74.2 Å². The highest BCUT2D eigenvalue weighted by molar-refractivity contribution is 7.89. The third-order valence-corrected chi connectivity index (χ3v) is 6.26. The number of fused-ring (bicyclic) bond motifs is 1. The number of benzene rings is 1. The molecule has 2 rings (SSSR count). The Morgan fingerprint density at radius 3 is 2.40 bits per heavy atom. The smallest absolute Gasteiger partial charge is 0.356 e. The third-order valence-electron chi connectivity index (χ3n) is 4.98. The van der Waals surface area contributed by atoms with Crippen LogP contribution in [0.15, 0.2) is 18.2 Å². The number of aromatic nitrogens is 1. The van der Waals surface area contributed by atoms with Gasteiger partial charge in [-0.2, -0.15) is 0 Å². The van der Waals surface area contributed by atoms with E-state index in [1.807, 2.05) is 6.92 Å². The van der Waals surface area contributed by atoms with Crippen molar-refractivity contribution in [2.24, 2.45) is 11.8 Å². The summed E-state index contributed by atoms with van der Waals surface area (Å²) in [6.07, 6.45) is 4.18. The quantitative estimate of drug-likeness (QED) is 0.358. The van der Waals surface area contributed by atoms with E-state index in [9.17, 15) is 18.0 Å². The molecule has 166 valence electrons. The number of esters is 1. The van der Waals surface area contributed by atoms with Gasteiger partial charge in [0.25, 0.3) is 0 Å². The zero-order valence-electron chi connectivity index (χ0n) is 18.2. The summed E-state index contributed by atoms with van der Waals surface area (Å²) in [5.74, 6) is -0.410. The summed E-state index contributed by atoms with van der Waals surface area (Å²) < 4.78 is 31.1. The van der Waals surface area contributed by atoms with E-state index in [4.69, 9.17) is 16.3 Å². The van der Waals surface area contributed by atoms with Gasteiger partial charge >= 0.3 is 5.97 Å². The number of ether oxygens (including phenoxy) is 1. The molecule has 1 aromatic carbocycles. The van der Waals surface area contributed by atoms with Gasteiger partial charge < -0.3 is 4.74 Å². The number of Topliss-reactive ketones (excluding diaryl/α,β-unsaturated/α-hetero) is 1. The maximum atomic E-state index is 13.3. The summed E-state index contributed by atoms with van der Waals surface area (Å²) in [5, 5.41) is 0.689. The Morgan fingerprint density at radius 2 is 1.83 bits per heavy atom. The number of hydrogen-bond donors (Lipinski definition) is 0. The Morgan fingerprint density at radius 1 is 1.17 bits per heavy atom. The van der Waals surface area contributed by atoms with Crippen LogP contribution >= 0.6 is 11.6 Å². The largest absolute Gasteiger partial charge is 0.461 e. The molecular weight excluding hydrogens is 426 g/mol. The normalized spacial score (nSPS) is 13.0. The topological polar surface area (TPSA) is 82.4 Å². The van der Waals surface area contributed by atoms with E-state index in [0.717, 1.165) is 29.5 Å². The van der Waals surface area contributed by atoms with E-state index < -0.39 is 16.0 Å². The minimum absolute atomic E-state index is 0.0596. The van der Waals surface area contributed by atoms with Gasteiger partial charge in [0.15, 0.2) is 11.5 Å². The van der Waals surface area contributed by atoms with E-state index in [1.165, 1.54) is 6.07 Å². The van der Waals surface area contributed by atoms with Crippen molar-refractivity contribution < 1.29 is 22.7 Å². The molecule has 0 amide bonds. The molecule has 0 radical (unpaired) electrons. The molecule has 1 unspecified atom stereocenters. The second-order valence-electron chi connectivity index (χ2n) is 8.19. The minimum atomic E-state index is -3.90. The third kappa shape index (κ3) is 5.64. The lowest BCUT2D eigenvalue weighted by atomic mass is 9.92. The van der Waals surface area contributed by atoms with Gasteiger partial charge in [-0.15, -0.1) is 0 Å². The lowest BCUT2D eigenvalue weighted by Gasteiger charge is -2.13. The predicted octanol–water partition coefficient (Wildman–Crippen LogP) is 5.31. The average molecular weight is 456 g/mol. The van der Waals surface area contributed by atoms with Crippen molar-refractivity contribution in [3.8, 4) is 0 Å². The fraction of sp³-hybridized carbons (Fsp3) is 0.545. The molecule has 0 aliphatic carbocycles. The lowest BCUT2D eigenvalue weighted by Crippen LogP contribution is -2.21. The van der Waals surface area contributed by atoms with Crippen molar-refractivity contribution in [2.45, 2.75) is 53.4 Å². The van der Waals surface area contributed by atoms with Gasteiger partial charge in [-0.1, -0.05) is 57.7 Å². The van der Waals surface area contributed by atoms with Crippen LogP contribution < -0.4 is 0 Å². The number of ketones is 1. The van der Waals surface area contributed by atoms with Gasteiger partial charge in [0.1, 0.15) is 0 Å². The summed E-state index contributed by atoms with van der Waals surface area (Å²) in [4.78, 5) is 26.0. The summed E-state index contributed by atoms with van der Waals surface area (Å²) >= 11 is 6.08. The van der Waals surface area contributed by atoms with E-state index in [1.54, 1.807) is 19.1 Å². The Kier molecular flexibility index (Phi) is 8.11. The average Bonchev–Trinajstić information content (AvgIpc) is 2.96. The van der Waals surface area contributed by atoms with Gasteiger partial charge in [0.05, 0.1) is 23.9 Å². The van der Waals surface area contributed by atoms with Crippen LogP contribution in [-0.2, 0) is 14.8 Å². The second kappa shape index (κ2) is 9.96. The number of carbonyl (C=O) groups excluding carboxylic acids is 2. The first-order chi connectivity index (χ1) is 14.0. The highest BCUT2D eigenvalue weighted by Crippen LogP contribution is 2.32. The number of nitrogens with zero attached hydrogens (tertiary/aromatic N) is 1. The number of halogens is 1. The minimum Gasteiger partial charge on any atom is -0.461 e. The first-order valence-corrected chi connectivity index (χ1v) is 12.4. The van der Waals surface area contributed by atoms with Crippen LogP contribution in [0.4, 0.5) is 0 Å². The Labute approximate surface area is 183 Å². The van der Waals surface area contributed by atoms with Crippen molar-refractivity contribution in [1.82, 2.24) is 3.97 Å². The molecule has 6 nitrogen and oxygen atoms in total. The number of carbonyl (C=O) groups is 2. The maximum Gasteiger partial charge on any atom is 0.356 e. The Hall–Kier alpha value is -1.86. The number of hydrogen-bond acceptors (Lipinski definition) is 5. The van der Waals surface area contributed by atoms with E-state index in [0.29, 0.717) is 16.3 Å². The molecule has 0 saturated carbocycles. The van der Waals surface area contributed by atoms with Gasteiger partial charge in [-0.25, -0.2) is 17.2 Å². The Bertz CT molecular complexity index is 1040. The second-order valence-corrected chi connectivity index (χ2v) is 10.5. The molecule has 30 heavy (non-hydrogen) atoms. The van der Waals surface area contributed by atoms with E-state index >= 15 is 0 Å². The fourth-order valence-electron chi connectivity index (χ4n) is 3.64. The van der Waals surface area contributed by atoms with Crippen molar-refractivity contribution in [2.75, 3.05) is 12.9 Å². The molecular formula is C22H30ClNO5S. The molecule has 0 spiro atoms. The summed E-state index contributed by atoms with van der Waals surface area (Å²) in [6.45, 7) is 8.00. The Balaban J connectivity index is 2.58. The van der Waals surface area contributed by atoms with Gasteiger partial charge in [-0.05, 0) is 30.9 Å². The van der Waals surface area contributed by atoms with E-state index in [-0.39, 0.29) is 41.5 Å². The molecule has 0 aliphatic heterocycles. The van der Waals surface area contributed by atoms with Gasteiger partial charge in [-0.3, -0.25) is 4.79 Å². The predicted molar refractivity (Wildman–Crippen MR) is 120 cm³/mol. The molecule has 1 aromatic heterocycles. The molecule has 1 atom stereocenters. The highest BCUT2D eigenvalue weighted by Gasteiger charge is 2.32. The molecule has 8 heteroatoms. The van der Waals surface area contributed by atoms with Crippen molar-refractivity contribution in [3.05, 3.63) is 34.5 Å². The molecule has 0 saturated heterocycles. The standard InChI is InChI=1S/C22H30ClNO5S/c1-6-29-22(26)21-20(19(25)12-15(4)9-7-8-14(2)3)17-11-10-16(23)13-18(17)24(21)30(5,27)28/h10-11,13-15H,6-9,12H2,1-5H3. The molecule has 0 bridgehead atoms. The molecule has 0 N–H and O–H groups in total. The van der Waals surface area contributed by atoms with E-state index in [2.05, 4.69) is 13.8 Å². The van der Waals surface area contributed by atoms with Crippen LogP contribution in [0.3, 0.4) is 0 Å². The molecule has 0 aliphatic rings. The highest BCUT2D eigenvalue weighted by atomic mass is 35.5. The lowest BCUT2D eigenvalue weighted by molar-refractivity contribution is 0.0515. The van der Waals surface area contributed by atoms with Crippen molar-refractivity contribution in [3.63, 3.8) is 0 Å². The first kappa shape index (κ1) is 24.4. The van der Waals surface area contributed by atoms with Crippen LogP contribution in [-0.4, -0.2) is 37.0 Å². The fourth-order valence-corrected chi connectivity index (χ4v) is 4.81. The summed E-state index contributed by atoms with van der Waals surface area (Å²) in [7, 11) is -3.90. The van der Waals surface area contributed by atoms with Crippen LogP contribution in [0.25, 0.3) is 10.9 Å². The SMILES string of the molecule is CCOC(=O)c1c(C(=O)CC(C)CCCC(C)C)c2ccc(Cl)cc2n1S(C)(=O)=O. The molecule has 1 heterocycles. The maximum absolute atomic E-state index is 13.3. The number of rotatable bonds is 10. The first-order valence-electron chi connectivity index (χ1n) is 10.2. The van der Waals surface area contributed by atoms with Gasteiger partial charge in [0, 0.05) is 16.8 Å². The van der Waals surface area contributed by atoms with Crippen molar-refractivity contribution >= 4 is 44.3 Å². The monoisotopic (exact) mass is 455 g/mol. The van der Waals surface area contributed by atoms with Crippen molar-refractivity contribution in [1.29, 1.82) is 0 Å². The summed E-state index contributed by atoms with van der Waals surface area (Å²) in [6, 6.07) is 4.61. The van der Waals surface area contributed by atoms with Crippen LogP contribution in [0.2, 0.25) is 5.02 Å². The summed E-state index contributed by atoms with van der Waals surface area (Å²) in [5.41, 5.74) is 0.0288. The zero-order valence-corrected chi connectivity index (χ0v) is 19.8. The molecule has 0 fully saturated rings. The zero-order chi connectivity index (χ0) is 22.6. The van der Waals surface area contributed by atoms with Crippen LogP contribution in [0.5, 0.6) is 0 Å². The van der Waals surface area contributed by atoms with Gasteiger partial charge in [0.2, 0.25) is 10.0 Å². The van der Waals surface area contributed by atoms with Crippen LogP contribution in [0, 0.1) is 11.8 Å². The molecule has 2 aromatic rings.